The maximum Gasteiger partial charge on any atom is 0.253 e. The third-order valence-corrected chi connectivity index (χ3v) is 5.82. The Hall–Kier alpha value is -2.37. The number of rotatable bonds is 5. The zero-order chi connectivity index (χ0) is 21.0. The van der Waals surface area contributed by atoms with Gasteiger partial charge >= 0.3 is 0 Å². The van der Waals surface area contributed by atoms with Crippen LogP contribution in [0.3, 0.4) is 0 Å². The minimum absolute atomic E-state index is 0.0260. The summed E-state index contributed by atoms with van der Waals surface area (Å²) in [4.78, 5) is 30.4. The van der Waals surface area contributed by atoms with Gasteiger partial charge in [-0.2, -0.15) is 0 Å². The predicted octanol–water partition coefficient (Wildman–Crippen LogP) is 3.63. The lowest BCUT2D eigenvalue weighted by Gasteiger charge is -2.35. The molecular weight excluding hydrogens is 386 g/mol. The topological polar surface area (TPSA) is 43.9 Å². The normalized spacial score (nSPS) is 14.7. The molecule has 3 rings (SSSR count). The molecule has 0 atom stereocenters. The fourth-order valence-corrected chi connectivity index (χ4v) is 3.76. The number of nitrogens with zero attached hydrogens (tertiary/aromatic N) is 3. The van der Waals surface area contributed by atoms with Gasteiger partial charge in [0.15, 0.2) is 0 Å². The summed E-state index contributed by atoms with van der Waals surface area (Å²) >= 11 is 5.94. The molecule has 0 unspecified atom stereocenters. The van der Waals surface area contributed by atoms with E-state index in [-0.39, 0.29) is 11.8 Å². The van der Waals surface area contributed by atoms with Gasteiger partial charge < -0.3 is 9.80 Å². The van der Waals surface area contributed by atoms with Crippen LogP contribution in [0.1, 0.15) is 28.4 Å². The van der Waals surface area contributed by atoms with E-state index in [0.29, 0.717) is 5.56 Å². The largest absolute Gasteiger partial charge is 0.336 e. The predicted molar refractivity (Wildman–Crippen MR) is 118 cm³/mol. The number of benzene rings is 2. The third-order valence-electron chi connectivity index (χ3n) is 5.57. The molecule has 2 aromatic rings. The molecule has 0 bridgehead atoms. The van der Waals surface area contributed by atoms with E-state index >= 15 is 0 Å². The summed E-state index contributed by atoms with van der Waals surface area (Å²) in [7, 11) is 1.75. The van der Waals surface area contributed by atoms with E-state index < -0.39 is 0 Å². The second-order valence-electron chi connectivity index (χ2n) is 7.59. The first-order chi connectivity index (χ1) is 13.8. The lowest BCUT2D eigenvalue weighted by molar-refractivity contribution is -0.116. The van der Waals surface area contributed by atoms with Gasteiger partial charge in [-0.3, -0.25) is 14.5 Å². The first kappa shape index (κ1) is 21.3. The molecule has 1 aliphatic rings. The number of carbonyl (C=O) groups is 2. The molecular formula is C23H28ClN3O2. The zero-order valence-corrected chi connectivity index (χ0v) is 18.1. The van der Waals surface area contributed by atoms with Gasteiger partial charge in [-0.05, 0) is 54.8 Å². The van der Waals surface area contributed by atoms with Crippen molar-refractivity contribution in [1.82, 2.24) is 9.80 Å². The molecule has 2 aromatic carbocycles. The van der Waals surface area contributed by atoms with Crippen LogP contribution < -0.4 is 4.90 Å². The van der Waals surface area contributed by atoms with E-state index in [1.807, 2.05) is 42.2 Å². The Morgan fingerprint density at radius 3 is 2.28 bits per heavy atom. The molecule has 154 valence electrons. The highest BCUT2D eigenvalue weighted by Gasteiger charge is 2.22. The van der Waals surface area contributed by atoms with Crippen LogP contribution >= 0.6 is 11.6 Å². The molecule has 5 nitrogen and oxygen atoms in total. The van der Waals surface area contributed by atoms with Crippen LogP contribution in [0, 0.1) is 6.92 Å². The summed E-state index contributed by atoms with van der Waals surface area (Å²) in [5, 5.41) is 0.761. The molecule has 1 aliphatic heterocycles. The van der Waals surface area contributed by atoms with Gasteiger partial charge in [-0.25, -0.2) is 0 Å². The van der Waals surface area contributed by atoms with Crippen LogP contribution in [0.4, 0.5) is 5.69 Å². The van der Waals surface area contributed by atoms with Gasteiger partial charge in [0.05, 0.1) is 0 Å². The van der Waals surface area contributed by atoms with Crippen LogP contribution in [0.25, 0.3) is 0 Å². The molecule has 1 saturated heterocycles. The standard InChI is InChI=1S/C23H28ClN3O2/c1-17-16-20(6-9-22(17)25(3)18(2)28)23(29)27-14-12-26(13-15-27)11-10-19-4-7-21(24)8-5-19/h4-9,16H,10-15H2,1-3H3. The fraction of sp³-hybridized carbons (Fsp3) is 0.391. The Kier molecular flexibility index (Phi) is 6.93. The van der Waals surface area contributed by atoms with E-state index in [0.717, 1.165) is 55.4 Å². The van der Waals surface area contributed by atoms with Crippen LogP contribution in [0.15, 0.2) is 42.5 Å². The van der Waals surface area contributed by atoms with E-state index in [9.17, 15) is 9.59 Å². The fourth-order valence-electron chi connectivity index (χ4n) is 3.63. The Labute approximate surface area is 177 Å². The van der Waals surface area contributed by atoms with Crippen molar-refractivity contribution in [3.05, 3.63) is 64.2 Å². The molecule has 0 aromatic heterocycles. The van der Waals surface area contributed by atoms with E-state index in [2.05, 4.69) is 17.0 Å². The molecule has 0 spiro atoms. The Morgan fingerprint density at radius 2 is 1.69 bits per heavy atom. The number of amides is 2. The maximum absolute atomic E-state index is 12.9. The average Bonchev–Trinajstić information content (AvgIpc) is 2.72. The van der Waals surface area contributed by atoms with Crippen molar-refractivity contribution in [2.24, 2.45) is 0 Å². The molecule has 2 amide bonds. The number of hydrogen-bond donors (Lipinski definition) is 0. The quantitative estimate of drug-likeness (QED) is 0.751. The van der Waals surface area contributed by atoms with Crippen molar-refractivity contribution in [2.45, 2.75) is 20.3 Å². The number of anilines is 1. The van der Waals surface area contributed by atoms with Crippen molar-refractivity contribution in [3.63, 3.8) is 0 Å². The van der Waals surface area contributed by atoms with Gasteiger partial charge in [0.2, 0.25) is 5.91 Å². The van der Waals surface area contributed by atoms with Gasteiger partial charge in [-0.15, -0.1) is 0 Å². The Bertz CT molecular complexity index is 874. The summed E-state index contributed by atoms with van der Waals surface area (Å²) in [6, 6.07) is 13.5. The summed E-state index contributed by atoms with van der Waals surface area (Å²) in [6.45, 7) is 7.66. The highest BCUT2D eigenvalue weighted by molar-refractivity contribution is 6.30. The van der Waals surface area contributed by atoms with E-state index in [4.69, 9.17) is 11.6 Å². The average molecular weight is 414 g/mol. The SMILES string of the molecule is CC(=O)N(C)c1ccc(C(=O)N2CCN(CCc3ccc(Cl)cc3)CC2)cc1C. The van der Waals surface area contributed by atoms with Crippen LogP contribution in [0.2, 0.25) is 5.02 Å². The smallest absolute Gasteiger partial charge is 0.253 e. The van der Waals surface area contributed by atoms with E-state index in [1.165, 1.54) is 12.5 Å². The molecule has 0 radical (unpaired) electrons. The van der Waals surface area contributed by atoms with Crippen molar-refractivity contribution in [1.29, 1.82) is 0 Å². The number of carbonyl (C=O) groups excluding carboxylic acids is 2. The highest BCUT2D eigenvalue weighted by Crippen LogP contribution is 2.21. The molecule has 0 aliphatic carbocycles. The lowest BCUT2D eigenvalue weighted by atomic mass is 10.1. The first-order valence-electron chi connectivity index (χ1n) is 9.96. The summed E-state index contributed by atoms with van der Waals surface area (Å²) in [6.07, 6.45) is 0.982. The van der Waals surface area contributed by atoms with Crippen molar-refractivity contribution in [3.8, 4) is 0 Å². The van der Waals surface area contributed by atoms with Crippen molar-refractivity contribution >= 4 is 29.1 Å². The van der Waals surface area contributed by atoms with Gasteiger partial charge in [0.1, 0.15) is 0 Å². The second-order valence-corrected chi connectivity index (χ2v) is 8.03. The molecule has 0 N–H and O–H groups in total. The van der Waals surface area contributed by atoms with Crippen LogP contribution in [-0.4, -0.2) is 61.4 Å². The maximum atomic E-state index is 12.9. The molecule has 0 saturated carbocycles. The summed E-state index contributed by atoms with van der Waals surface area (Å²) in [5.41, 5.74) is 3.72. The van der Waals surface area contributed by atoms with Gasteiger partial charge in [0.25, 0.3) is 5.91 Å². The zero-order valence-electron chi connectivity index (χ0n) is 17.3. The number of hydrogen-bond acceptors (Lipinski definition) is 3. The number of halogens is 1. The van der Waals surface area contributed by atoms with Gasteiger partial charge in [0, 0.05) is 63.0 Å². The molecule has 1 heterocycles. The molecule has 6 heteroatoms. The number of aryl methyl sites for hydroxylation is 1. The molecule has 29 heavy (non-hydrogen) atoms. The Balaban J connectivity index is 1.53. The first-order valence-corrected chi connectivity index (χ1v) is 10.3. The third kappa shape index (κ3) is 5.37. The lowest BCUT2D eigenvalue weighted by Crippen LogP contribution is -2.49. The summed E-state index contributed by atoms with van der Waals surface area (Å²) < 4.78 is 0. The second kappa shape index (κ2) is 9.42. The van der Waals surface area contributed by atoms with Crippen molar-refractivity contribution < 1.29 is 9.59 Å². The van der Waals surface area contributed by atoms with Crippen molar-refractivity contribution in [2.75, 3.05) is 44.7 Å². The monoisotopic (exact) mass is 413 g/mol. The summed E-state index contributed by atoms with van der Waals surface area (Å²) in [5.74, 6) is 0.0318. The minimum Gasteiger partial charge on any atom is -0.336 e. The molecule has 1 fully saturated rings. The van der Waals surface area contributed by atoms with Gasteiger partial charge in [-0.1, -0.05) is 23.7 Å². The van der Waals surface area contributed by atoms with Crippen LogP contribution in [0.5, 0.6) is 0 Å². The van der Waals surface area contributed by atoms with E-state index in [1.54, 1.807) is 11.9 Å². The Morgan fingerprint density at radius 1 is 1.03 bits per heavy atom. The minimum atomic E-state index is -0.0260. The highest BCUT2D eigenvalue weighted by atomic mass is 35.5. The number of piperazine rings is 1. The van der Waals surface area contributed by atoms with Crippen LogP contribution in [-0.2, 0) is 11.2 Å².